The normalized spacial score (nSPS) is 10.6. The van der Waals surface area contributed by atoms with Gasteiger partial charge >= 0.3 is 5.69 Å². The third kappa shape index (κ3) is 2.79. The first kappa shape index (κ1) is 13.6. The summed E-state index contributed by atoms with van der Waals surface area (Å²) in [6, 6.07) is 4.76. The van der Waals surface area contributed by atoms with Crippen molar-refractivity contribution >= 4 is 17.3 Å². The first-order valence-electron chi connectivity index (χ1n) is 4.94. The molecule has 1 rings (SSSR count). The molecule has 0 bridgehead atoms. The molecule has 0 aliphatic rings. The van der Waals surface area contributed by atoms with Crippen LogP contribution in [0.2, 0.25) is 0 Å². The predicted octanol–water partition coefficient (Wildman–Crippen LogP) is 2.22. The molecule has 0 aliphatic carbocycles. The van der Waals surface area contributed by atoms with Crippen LogP contribution in [0.25, 0.3) is 0 Å². The summed E-state index contributed by atoms with van der Waals surface area (Å²) in [5.41, 5.74) is -1.94. The van der Waals surface area contributed by atoms with E-state index >= 15 is 0 Å². The van der Waals surface area contributed by atoms with Crippen molar-refractivity contribution in [3.63, 3.8) is 0 Å². The number of carbonyl (C=O) groups excluding carboxylic acids is 1. The molecule has 0 atom stereocenters. The van der Waals surface area contributed by atoms with Gasteiger partial charge in [-0.15, -0.1) is 0 Å². The van der Waals surface area contributed by atoms with Gasteiger partial charge in [-0.2, -0.15) is 9.65 Å². The summed E-state index contributed by atoms with van der Waals surface area (Å²) in [5.74, 6) is -1.61. The summed E-state index contributed by atoms with van der Waals surface area (Å²) in [6.07, 6.45) is 0. The van der Waals surface area contributed by atoms with Crippen LogP contribution >= 0.6 is 0 Å². The number of nitro benzene ring substituents is 1. The zero-order chi connectivity index (χ0) is 13.9. The van der Waals surface area contributed by atoms with E-state index in [1.54, 1.807) is 6.07 Å². The third-order valence-corrected chi connectivity index (χ3v) is 2.25. The third-order valence-electron chi connectivity index (χ3n) is 2.25. The van der Waals surface area contributed by atoms with Crippen LogP contribution in [0.4, 0.5) is 15.8 Å². The molecule has 0 saturated heterocycles. The zero-order valence-corrected chi connectivity index (χ0v) is 9.73. The Kier molecular flexibility index (Phi) is 3.61. The molecular formula is C11H10FN3O3. The maximum Gasteiger partial charge on any atom is 0.306 e. The van der Waals surface area contributed by atoms with Gasteiger partial charge in [-0.25, -0.2) is 0 Å². The van der Waals surface area contributed by atoms with Crippen molar-refractivity contribution in [1.82, 2.24) is 0 Å². The van der Waals surface area contributed by atoms with Crippen molar-refractivity contribution in [3.05, 3.63) is 34.1 Å². The minimum atomic E-state index is -1.27. The average Bonchev–Trinajstić information content (AvgIpc) is 2.31. The van der Waals surface area contributed by atoms with E-state index in [-0.39, 0.29) is 5.69 Å². The molecule has 18 heavy (non-hydrogen) atoms. The second-order valence-corrected chi connectivity index (χ2v) is 4.11. The van der Waals surface area contributed by atoms with Crippen molar-refractivity contribution in [3.8, 4) is 6.07 Å². The number of nitrogens with one attached hydrogen (secondary N) is 1. The lowest BCUT2D eigenvalue weighted by molar-refractivity contribution is -0.387. The predicted molar refractivity (Wildman–Crippen MR) is 61.1 cm³/mol. The summed E-state index contributed by atoms with van der Waals surface area (Å²) < 4.78 is 13.1. The summed E-state index contributed by atoms with van der Waals surface area (Å²) >= 11 is 0. The lowest BCUT2D eigenvalue weighted by Crippen LogP contribution is -2.29. The van der Waals surface area contributed by atoms with E-state index in [0.717, 1.165) is 12.1 Å². The highest BCUT2D eigenvalue weighted by Crippen LogP contribution is 2.23. The van der Waals surface area contributed by atoms with Crippen LogP contribution in [0, 0.1) is 32.7 Å². The molecule has 6 nitrogen and oxygen atoms in total. The van der Waals surface area contributed by atoms with E-state index in [4.69, 9.17) is 5.26 Å². The number of benzene rings is 1. The van der Waals surface area contributed by atoms with Gasteiger partial charge in [0.15, 0.2) is 0 Å². The summed E-state index contributed by atoms with van der Waals surface area (Å²) in [4.78, 5) is 21.3. The summed E-state index contributed by atoms with van der Waals surface area (Å²) in [7, 11) is 0. The fourth-order valence-corrected chi connectivity index (χ4v) is 1.07. The molecule has 0 saturated carbocycles. The van der Waals surface area contributed by atoms with Crippen molar-refractivity contribution in [1.29, 1.82) is 5.26 Å². The highest BCUT2D eigenvalue weighted by molar-refractivity contribution is 5.96. The molecular weight excluding hydrogens is 241 g/mol. The van der Waals surface area contributed by atoms with Crippen molar-refractivity contribution in [2.45, 2.75) is 13.8 Å². The fraction of sp³-hybridized carbons (Fsp3) is 0.273. The summed E-state index contributed by atoms with van der Waals surface area (Å²) in [5, 5.41) is 21.6. The number of amides is 1. The second-order valence-electron chi connectivity index (χ2n) is 4.11. The molecule has 0 radical (unpaired) electrons. The molecule has 94 valence electrons. The molecule has 0 unspecified atom stereocenters. The molecule has 1 N–H and O–H groups in total. The van der Waals surface area contributed by atoms with E-state index in [0.29, 0.717) is 0 Å². The van der Waals surface area contributed by atoms with E-state index < -0.39 is 27.8 Å². The molecule has 0 aliphatic heterocycles. The molecule has 1 aromatic rings. The van der Waals surface area contributed by atoms with Gasteiger partial charge in [0.05, 0.1) is 11.0 Å². The van der Waals surface area contributed by atoms with Gasteiger partial charge in [-0.05, 0) is 26.0 Å². The first-order chi connectivity index (χ1) is 8.27. The minimum absolute atomic E-state index is 0.0661. The first-order valence-corrected chi connectivity index (χ1v) is 4.94. The number of nitriles is 1. The van der Waals surface area contributed by atoms with Crippen LogP contribution in [-0.4, -0.2) is 10.8 Å². The summed E-state index contributed by atoms with van der Waals surface area (Å²) in [6.45, 7) is 2.81. The largest absolute Gasteiger partial charge is 0.324 e. The molecule has 0 fully saturated rings. The van der Waals surface area contributed by atoms with E-state index in [9.17, 15) is 19.3 Å². The number of hydrogen-bond donors (Lipinski definition) is 1. The molecule has 1 aromatic carbocycles. The van der Waals surface area contributed by atoms with Crippen LogP contribution in [-0.2, 0) is 4.79 Å². The highest BCUT2D eigenvalue weighted by Gasteiger charge is 2.27. The van der Waals surface area contributed by atoms with Crippen LogP contribution in [0.1, 0.15) is 13.8 Å². The van der Waals surface area contributed by atoms with Gasteiger partial charge in [-0.1, -0.05) is 0 Å². The Bertz CT molecular complexity index is 549. The van der Waals surface area contributed by atoms with E-state index in [1.165, 1.54) is 19.9 Å². The minimum Gasteiger partial charge on any atom is -0.324 e. The molecule has 0 heterocycles. The number of halogens is 1. The number of nitrogens with zero attached hydrogens (tertiary/aromatic N) is 2. The zero-order valence-electron chi connectivity index (χ0n) is 9.73. The molecule has 1 amide bonds. The maximum atomic E-state index is 13.1. The number of carbonyl (C=O) groups is 1. The lowest BCUT2D eigenvalue weighted by Gasteiger charge is -2.14. The van der Waals surface area contributed by atoms with Gasteiger partial charge in [0.25, 0.3) is 0 Å². The lowest BCUT2D eigenvalue weighted by atomic mass is 9.94. The highest BCUT2D eigenvalue weighted by atomic mass is 19.1. The van der Waals surface area contributed by atoms with Crippen LogP contribution in [0.15, 0.2) is 18.2 Å². The number of anilines is 1. The number of nitro groups is 1. The molecule has 7 heteroatoms. The number of rotatable bonds is 3. The quantitative estimate of drug-likeness (QED) is 0.658. The SMILES string of the molecule is CC(C)(C#N)C(=O)Nc1ccc(F)c([N+](=O)[O-])c1. The molecule has 0 spiro atoms. The Morgan fingerprint density at radius 3 is 2.67 bits per heavy atom. The van der Waals surface area contributed by atoms with Crippen molar-refractivity contribution in [2.24, 2.45) is 5.41 Å². The smallest absolute Gasteiger partial charge is 0.306 e. The van der Waals surface area contributed by atoms with Gasteiger partial charge in [-0.3, -0.25) is 14.9 Å². The van der Waals surface area contributed by atoms with Crippen LogP contribution in [0.3, 0.4) is 0 Å². The Morgan fingerprint density at radius 2 is 2.17 bits per heavy atom. The Morgan fingerprint density at radius 1 is 1.56 bits per heavy atom. The maximum absolute atomic E-state index is 13.1. The van der Waals surface area contributed by atoms with Crippen molar-refractivity contribution < 1.29 is 14.1 Å². The van der Waals surface area contributed by atoms with Gasteiger partial charge in [0, 0.05) is 11.8 Å². The van der Waals surface area contributed by atoms with Gasteiger partial charge in [0.2, 0.25) is 11.7 Å². The Labute approximate surface area is 102 Å². The van der Waals surface area contributed by atoms with E-state index in [2.05, 4.69) is 5.32 Å². The second kappa shape index (κ2) is 4.79. The van der Waals surface area contributed by atoms with Crippen LogP contribution in [0.5, 0.6) is 0 Å². The standard InChI is InChI=1S/C11H10FN3O3/c1-11(2,6-13)10(16)14-7-3-4-8(12)9(5-7)15(17)18/h3-5H,1-2H3,(H,14,16). The van der Waals surface area contributed by atoms with Gasteiger partial charge in [0.1, 0.15) is 5.41 Å². The average molecular weight is 251 g/mol. The van der Waals surface area contributed by atoms with E-state index in [1.807, 2.05) is 0 Å². The van der Waals surface area contributed by atoms with Gasteiger partial charge < -0.3 is 5.32 Å². The topological polar surface area (TPSA) is 96.0 Å². The molecule has 0 aromatic heterocycles. The Balaban J connectivity index is 3.01. The Hall–Kier alpha value is -2.49. The monoisotopic (exact) mass is 251 g/mol. The van der Waals surface area contributed by atoms with Crippen molar-refractivity contribution in [2.75, 3.05) is 5.32 Å². The fourth-order valence-electron chi connectivity index (χ4n) is 1.07. The number of hydrogen-bond acceptors (Lipinski definition) is 4. The van der Waals surface area contributed by atoms with Crippen LogP contribution < -0.4 is 5.32 Å².